The molecule has 9 heteroatoms. The number of carbonyl (C=O) groups is 1. The Kier molecular flexibility index (Phi) is 4.86. The van der Waals surface area contributed by atoms with Gasteiger partial charge in [0.15, 0.2) is 0 Å². The third kappa shape index (κ3) is 3.43. The third-order valence-corrected chi connectivity index (χ3v) is 7.97. The molecule has 1 aliphatic heterocycles. The molecule has 5 rings (SSSR count). The Morgan fingerprint density at radius 1 is 0.968 bits per heavy atom. The fourth-order valence-electron chi connectivity index (χ4n) is 4.33. The number of aromatic nitrogens is 2. The monoisotopic (exact) mass is 438 g/mol. The normalized spacial score (nSPS) is 17.1. The molecule has 2 aromatic heterocycles. The van der Waals surface area contributed by atoms with E-state index < -0.39 is 21.5 Å². The average Bonchev–Trinajstić information content (AvgIpc) is 3.27. The molecule has 1 amide bonds. The minimum Gasteiger partial charge on any atom is -0.336 e. The highest BCUT2D eigenvalue weighted by atomic mass is 32.2. The van der Waals surface area contributed by atoms with E-state index in [1.165, 1.54) is 25.4 Å². The number of carbonyl (C=O) groups excluding carboxylic acids is 1. The van der Waals surface area contributed by atoms with Crippen LogP contribution in [0.2, 0.25) is 0 Å². The molecule has 1 fully saturated rings. The summed E-state index contributed by atoms with van der Waals surface area (Å²) in [7, 11) is -3.62. The van der Waals surface area contributed by atoms with Crippen molar-refractivity contribution >= 4 is 21.6 Å². The maximum atomic E-state index is 13.1. The van der Waals surface area contributed by atoms with Crippen LogP contribution in [0.3, 0.4) is 0 Å². The van der Waals surface area contributed by atoms with E-state index in [2.05, 4.69) is 4.98 Å². The van der Waals surface area contributed by atoms with Crippen LogP contribution in [0.1, 0.15) is 27.9 Å². The summed E-state index contributed by atoms with van der Waals surface area (Å²) in [5.74, 6) is -0.426. The zero-order valence-electron chi connectivity index (χ0n) is 16.9. The van der Waals surface area contributed by atoms with Crippen LogP contribution in [-0.2, 0) is 22.9 Å². The predicted molar refractivity (Wildman–Crippen MR) is 115 cm³/mol. The Morgan fingerprint density at radius 3 is 2.55 bits per heavy atom. The van der Waals surface area contributed by atoms with Crippen molar-refractivity contribution in [3.63, 3.8) is 0 Å². The van der Waals surface area contributed by atoms with Crippen molar-refractivity contribution in [3.05, 3.63) is 75.8 Å². The molecule has 31 heavy (non-hydrogen) atoms. The Morgan fingerprint density at radius 2 is 1.74 bits per heavy atom. The molecule has 0 N–H and O–H groups in total. The second-order valence-corrected chi connectivity index (χ2v) is 9.82. The molecule has 0 atom stereocenters. The van der Waals surface area contributed by atoms with E-state index in [9.17, 15) is 18.0 Å². The summed E-state index contributed by atoms with van der Waals surface area (Å²) in [6.07, 6.45) is 5.84. The molecule has 1 saturated heterocycles. The topological polar surface area (TPSA) is 92.1 Å². The van der Waals surface area contributed by atoms with Gasteiger partial charge in [0, 0.05) is 38.6 Å². The lowest BCUT2D eigenvalue weighted by atomic mass is 10.1. The van der Waals surface area contributed by atoms with Gasteiger partial charge in [-0.15, -0.1) is 0 Å². The van der Waals surface area contributed by atoms with Crippen LogP contribution >= 0.6 is 0 Å². The zero-order chi connectivity index (χ0) is 21.6. The summed E-state index contributed by atoms with van der Waals surface area (Å²) < 4.78 is 28.9. The van der Waals surface area contributed by atoms with Crippen LogP contribution in [0.4, 0.5) is 0 Å². The molecule has 1 aromatic carbocycles. The molecule has 0 radical (unpaired) electrons. The summed E-state index contributed by atoms with van der Waals surface area (Å²) in [5, 5.41) is 0. The van der Waals surface area contributed by atoms with E-state index in [0.717, 1.165) is 24.8 Å². The lowest BCUT2D eigenvalue weighted by Crippen LogP contribution is -2.51. The Balaban J connectivity index is 1.33. The van der Waals surface area contributed by atoms with E-state index in [-0.39, 0.29) is 31.7 Å². The number of hydrogen-bond acceptors (Lipinski definition) is 5. The Bertz CT molecular complexity index is 1340. The maximum Gasteiger partial charge on any atom is 0.270 e. The van der Waals surface area contributed by atoms with Gasteiger partial charge in [0.25, 0.3) is 11.5 Å². The number of nitrogens with zero attached hydrogens (tertiary/aromatic N) is 4. The first kappa shape index (κ1) is 19.9. The van der Waals surface area contributed by atoms with Gasteiger partial charge in [0.05, 0.1) is 4.90 Å². The third-order valence-electron chi connectivity index (χ3n) is 6.08. The molecule has 3 aromatic rings. The molecule has 0 bridgehead atoms. The summed E-state index contributed by atoms with van der Waals surface area (Å²) in [5.41, 5.74) is 2.36. The lowest BCUT2D eigenvalue weighted by Gasteiger charge is -2.34. The number of sulfonamides is 1. The summed E-state index contributed by atoms with van der Waals surface area (Å²) in [6, 6.07) is 10.5. The van der Waals surface area contributed by atoms with Crippen LogP contribution in [0.15, 0.2) is 58.5 Å². The highest BCUT2D eigenvalue weighted by Crippen LogP contribution is 2.26. The molecule has 0 saturated carbocycles. The van der Waals surface area contributed by atoms with Gasteiger partial charge in [0.1, 0.15) is 11.2 Å². The number of hydrogen-bond donors (Lipinski definition) is 0. The van der Waals surface area contributed by atoms with Gasteiger partial charge in [-0.1, -0.05) is 12.1 Å². The van der Waals surface area contributed by atoms with Crippen LogP contribution in [0.25, 0.3) is 5.65 Å². The van der Waals surface area contributed by atoms with Crippen molar-refractivity contribution in [1.82, 2.24) is 18.6 Å². The molecule has 1 aliphatic carbocycles. The number of piperazine rings is 1. The molecule has 160 valence electrons. The zero-order valence-corrected chi connectivity index (χ0v) is 17.7. The van der Waals surface area contributed by atoms with Crippen LogP contribution < -0.4 is 5.56 Å². The lowest BCUT2D eigenvalue weighted by molar-refractivity contribution is 0.0695. The van der Waals surface area contributed by atoms with Gasteiger partial charge < -0.3 is 4.90 Å². The van der Waals surface area contributed by atoms with Crippen molar-refractivity contribution in [2.24, 2.45) is 0 Å². The quantitative estimate of drug-likeness (QED) is 0.615. The van der Waals surface area contributed by atoms with E-state index in [1.807, 2.05) is 6.07 Å². The van der Waals surface area contributed by atoms with Crippen molar-refractivity contribution in [1.29, 1.82) is 0 Å². The van der Waals surface area contributed by atoms with E-state index >= 15 is 0 Å². The number of benzene rings is 1. The maximum absolute atomic E-state index is 13.1. The largest absolute Gasteiger partial charge is 0.336 e. The summed E-state index contributed by atoms with van der Waals surface area (Å²) >= 11 is 0. The number of rotatable bonds is 3. The second-order valence-electron chi connectivity index (χ2n) is 7.89. The van der Waals surface area contributed by atoms with Crippen LogP contribution in [0.5, 0.6) is 0 Å². The highest BCUT2D eigenvalue weighted by Gasteiger charge is 2.32. The fourth-order valence-corrected chi connectivity index (χ4v) is 5.81. The smallest absolute Gasteiger partial charge is 0.270 e. The molecule has 2 aliphatic rings. The van der Waals surface area contributed by atoms with Gasteiger partial charge in [-0.2, -0.15) is 4.31 Å². The summed E-state index contributed by atoms with van der Waals surface area (Å²) in [4.78, 5) is 31.6. The summed E-state index contributed by atoms with van der Waals surface area (Å²) in [6.45, 7) is 0.820. The average molecular weight is 439 g/mol. The molecule has 0 spiro atoms. The number of amides is 1. The molecule has 3 heterocycles. The number of pyridine rings is 1. The van der Waals surface area contributed by atoms with Crippen molar-refractivity contribution < 1.29 is 13.2 Å². The van der Waals surface area contributed by atoms with Gasteiger partial charge in [0.2, 0.25) is 10.0 Å². The first-order chi connectivity index (χ1) is 14.9. The van der Waals surface area contributed by atoms with Crippen molar-refractivity contribution in [3.8, 4) is 0 Å². The van der Waals surface area contributed by atoms with E-state index in [1.54, 1.807) is 36.5 Å². The molecular formula is C22H22N4O4S. The molecule has 0 unspecified atom stereocenters. The highest BCUT2D eigenvalue weighted by molar-refractivity contribution is 7.89. The standard InChI is InChI=1S/C22H22N4O4S/c27-21(19-15-23-20-6-1-2-9-26(20)22(19)28)24-10-12-25(13-11-24)31(29,30)18-8-7-16-4-3-5-17(16)14-18/h1-2,6-9,14-15H,3-5,10-13H2. The van der Waals surface area contributed by atoms with Crippen molar-refractivity contribution in [2.75, 3.05) is 26.2 Å². The predicted octanol–water partition coefficient (Wildman–Crippen LogP) is 1.33. The minimum absolute atomic E-state index is 0.0152. The van der Waals surface area contributed by atoms with Crippen molar-refractivity contribution in [2.45, 2.75) is 24.2 Å². The van der Waals surface area contributed by atoms with Gasteiger partial charge in [-0.05, 0) is 54.7 Å². The van der Waals surface area contributed by atoms with E-state index in [4.69, 9.17) is 0 Å². The van der Waals surface area contributed by atoms with Gasteiger partial charge in [-0.3, -0.25) is 14.0 Å². The number of aryl methyl sites for hydroxylation is 2. The van der Waals surface area contributed by atoms with E-state index in [0.29, 0.717) is 10.5 Å². The Labute approximate surface area is 179 Å². The number of fused-ring (bicyclic) bond motifs is 2. The first-order valence-electron chi connectivity index (χ1n) is 10.3. The minimum atomic E-state index is -3.62. The van der Waals surface area contributed by atoms with Crippen LogP contribution in [-0.4, -0.2) is 59.1 Å². The first-order valence-corrected chi connectivity index (χ1v) is 11.8. The van der Waals surface area contributed by atoms with Gasteiger partial charge >= 0.3 is 0 Å². The Hall–Kier alpha value is -3.04. The fraction of sp³-hybridized carbons (Fsp3) is 0.318. The molecule has 8 nitrogen and oxygen atoms in total. The van der Waals surface area contributed by atoms with Crippen LogP contribution in [0, 0.1) is 0 Å². The second kappa shape index (κ2) is 7.58. The SMILES string of the molecule is O=C(c1cnc2ccccn2c1=O)N1CCN(S(=O)(=O)c2ccc3c(c2)CCC3)CC1. The van der Waals surface area contributed by atoms with Gasteiger partial charge in [-0.25, -0.2) is 13.4 Å². The molecular weight excluding hydrogens is 416 g/mol.